The van der Waals surface area contributed by atoms with Crippen molar-refractivity contribution in [3.05, 3.63) is 51.9 Å². The van der Waals surface area contributed by atoms with Gasteiger partial charge in [0.15, 0.2) is 33.8 Å². The van der Waals surface area contributed by atoms with E-state index in [4.69, 9.17) is 27.9 Å². The summed E-state index contributed by atoms with van der Waals surface area (Å²) in [5, 5.41) is 11.6. The summed E-state index contributed by atoms with van der Waals surface area (Å²) in [6, 6.07) is 8.01. The Hall–Kier alpha value is -2.23. The minimum absolute atomic E-state index is 0.00800. The molecule has 0 bridgehead atoms. The van der Waals surface area contributed by atoms with Crippen molar-refractivity contribution in [3.63, 3.8) is 0 Å². The standard InChI is InChI=1S/C15H13Cl2N5O3S/c1-9-4-3-5-13(18-9)22-14(19-20-21-22)8-25-15-11(16)6-10(7-12(15)17)26(2,23)24/h3-7H,8H2,1-2H3. The van der Waals surface area contributed by atoms with E-state index in [-0.39, 0.29) is 27.3 Å². The molecule has 0 aliphatic carbocycles. The number of aryl methyl sites for hydroxylation is 1. The second kappa shape index (κ2) is 7.18. The second-order valence-electron chi connectivity index (χ2n) is 5.42. The van der Waals surface area contributed by atoms with E-state index in [1.165, 1.54) is 16.8 Å². The number of hydrogen-bond acceptors (Lipinski definition) is 7. The Kier molecular flexibility index (Phi) is 5.12. The summed E-state index contributed by atoms with van der Waals surface area (Å²) in [5.74, 6) is 1.06. The van der Waals surface area contributed by atoms with E-state index in [0.717, 1.165) is 11.9 Å². The topological polar surface area (TPSA) is 99.9 Å². The van der Waals surface area contributed by atoms with Crippen LogP contribution in [0.4, 0.5) is 0 Å². The SMILES string of the molecule is Cc1cccc(-n2nnnc2COc2c(Cl)cc(S(C)(=O)=O)cc2Cl)n1. The quantitative estimate of drug-likeness (QED) is 0.633. The first-order chi connectivity index (χ1) is 12.3. The van der Waals surface area contributed by atoms with Crippen molar-refractivity contribution in [2.45, 2.75) is 18.4 Å². The van der Waals surface area contributed by atoms with E-state index in [2.05, 4.69) is 20.5 Å². The molecule has 0 saturated carbocycles. The molecule has 3 rings (SSSR count). The Morgan fingerprint density at radius 3 is 2.50 bits per heavy atom. The third-order valence-electron chi connectivity index (χ3n) is 3.37. The van der Waals surface area contributed by atoms with Crippen LogP contribution in [0.15, 0.2) is 35.2 Å². The van der Waals surface area contributed by atoms with Gasteiger partial charge in [0.2, 0.25) is 0 Å². The minimum Gasteiger partial charge on any atom is -0.482 e. The van der Waals surface area contributed by atoms with Crippen molar-refractivity contribution < 1.29 is 13.2 Å². The zero-order valence-corrected chi connectivity index (χ0v) is 16.0. The normalized spacial score (nSPS) is 11.5. The number of sulfone groups is 1. The van der Waals surface area contributed by atoms with Gasteiger partial charge in [-0.1, -0.05) is 29.3 Å². The van der Waals surface area contributed by atoms with Crippen LogP contribution in [0.5, 0.6) is 5.75 Å². The highest BCUT2D eigenvalue weighted by atomic mass is 35.5. The van der Waals surface area contributed by atoms with E-state index < -0.39 is 9.84 Å². The molecule has 0 saturated heterocycles. The number of aromatic nitrogens is 5. The highest BCUT2D eigenvalue weighted by molar-refractivity contribution is 7.90. The molecule has 0 atom stereocenters. The van der Waals surface area contributed by atoms with Gasteiger partial charge in [-0.15, -0.1) is 5.10 Å². The summed E-state index contributed by atoms with van der Waals surface area (Å²) in [5.41, 5.74) is 0.812. The monoisotopic (exact) mass is 413 g/mol. The van der Waals surface area contributed by atoms with Crippen LogP contribution in [0.1, 0.15) is 11.5 Å². The molecule has 0 amide bonds. The van der Waals surface area contributed by atoms with Crippen LogP contribution >= 0.6 is 23.2 Å². The lowest BCUT2D eigenvalue weighted by atomic mass is 10.3. The molecule has 8 nitrogen and oxygen atoms in total. The third-order valence-corrected chi connectivity index (χ3v) is 5.02. The Labute approximate surface area is 159 Å². The fourth-order valence-corrected chi connectivity index (χ4v) is 3.54. The number of ether oxygens (including phenoxy) is 1. The molecule has 0 N–H and O–H groups in total. The number of rotatable bonds is 5. The van der Waals surface area contributed by atoms with Crippen molar-refractivity contribution >= 4 is 33.0 Å². The van der Waals surface area contributed by atoms with E-state index in [0.29, 0.717) is 11.6 Å². The second-order valence-corrected chi connectivity index (χ2v) is 8.25. The van der Waals surface area contributed by atoms with Crippen molar-refractivity contribution in [1.82, 2.24) is 25.2 Å². The molecule has 0 aliphatic rings. The van der Waals surface area contributed by atoms with Gasteiger partial charge in [0.1, 0.15) is 0 Å². The first kappa shape index (κ1) is 18.6. The minimum atomic E-state index is -3.44. The van der Waals surface area contributed by atoms with Crippen LogP contribution in [0, 0.1) is 6.92 Å². The highest BCUT2D eigenvalue weighted by Gasteiger charge is 2.17. The van der Waals surface area contributed by atoms with Crippen LogP contribution in [0.25, 0.3) is 5.82 Å². The maximum Gasteiger partial charge on any atom is 0.195 e. The summed E-state index contributed by atoms with van der Waals surface area (Å²) in [6.45, 7) is 1.81. The van der Waals surface area contributed by atoms with Gasteiger partial charge in [-0.05, 0) is 41.6 Å². The maximum absolute atomic E-state index is 11.6. The van der Waals surface area contributed by atoms with Crippen LogP contribution in [-0.2, 0) is 16.4 Å². The predicted molar refractivity (Wildman–Crippen MR) is 95.6 cm³/mol. The maximum atomic E-state index is 11.6. The van der Waals surface area contributed by atoms with E-state index in [1.807, 2.05) is 19.1 Å². The molecule has 0 aliphatic heterocycles. The van der Waals surface area contributed by atoms with Crippen LogP contribution in [0.2, 0.25) is 10.0 Å². The lowest BCUT2D eigenvalue weighted by Crippen LogP contribution is -2.09. The lowest BCUT2D eigenvalue weighted by Gasteiger charge is -2.11. The molecule has 3 aromatic rings. The van der Waals surface area contributed by atoms with Gasteiger partial charge in [-0.3, -0.25) is 0 Å². The zero-order chi connectivity index (χ0) is 18.9. The summed E-state index contributed by atoms with van der Waals surface area (Å²) >= 11 is 12.2. The van der Waals surface area contributed by atoms with Gasteiger partial charge >= 0.3 is 0 Å². The number of nitrogens with zero attached hydrogens (tertiary/aromatic N) is 5. The summed E-state index contributed by atoms with van der Waals surface area (Å²) in [7, 11) is -3.44. The average molecular weight is 414 g/mol. The molecule has 136 valence electrons. The first-order valence-corrected chi connectivity index (χ1v) is 9.93. The van der Waals surface area contributed by atoms with Gasteiger partial charge in [-0.2, -0.15) is 4.68 Å². The fourth-order valence-electron chi connectivity index (χ4n) is 2.15. The number of halogens is 2. The number of hydrogen-bond donors (Lipinski definition) is 0. The van der Waals surface area contributed by atoms with Gasteiger partial charge in [0.25, 0.3) is 0 Å². The van der Waals surface area contributed by atoms with Gasteiger partial charge in [0.05, 0.1) is 14.9 Å². The van der Waals surface area contributed by atoms with Gasteiger partial charge in [0, 0.05) is 11.9 Å². The fraction of sp³-hybridized carbons (Fsp3) is 0.200. The molecule has 26 heavy (non-hydrogen) atoms. The summed E-state index contributed by atoms with van der Waals surface area (Å²) < 4.78 is 30.3. The summed E-state index contributed by atoms with van der Waals surface area (Å²) in [6.07, 6.45) is 1.07. The molecule has 0 spiro atoms. The van der Waals surface area contributed by atoms with E-state index >= 15 is 0 Å². The molecule has 0 unspecified atom stereocenters. The number of benzene rings is 1. The first-order valence-electron chi connectivity index (χ1n) is 7.29. The van der Waals surface area contributed by atoms with Crippen molar-refractivity contribution in [2.24, 2.45) is 0 Å². The predicted octanol–water partition coefficient (Wildman–Crippen LogP) is 2.66. The molecule has 0 radical (unpaired) electrons. The van der Waals surface area contributed by atoms with Crippen molar-refractivity contribution in [1.29, 1.82) is 0 Å². The number of pyridine rings is 1. The number of tetrazole rings is 1. The van der Waals surface area contributed by atoms with Crippen molar-refractivity contribution in [3.8, 4) is 11.6 Å². The largest absolute Gasteiger partial charge is 0.482 e. The van der Waals surface area contributed by atoms with Crippen molar-refractivity contribution in [2.75, 3.05) is 6.26 Å². The smallest absolute Gasteiger partial charge is 0.195 e. The van der Waals surface area contributed by atoms with E-state index in [1.54, 1.807) is 6.07 Å². The molecular formula is C15H13Cl2N5O3S. The third kappa shape index (κ3) is 3.95. The van der Waals surface area contributed by atoms with Crippen LogP contribution < -0.4 is 4.74 Å². The molecule has 2 heterocycles. The zero-order valence-electron chi connectivity index (χ0n) is 13.7. The molecule has 0 fully saturated rings. The average Bonchev–Trinajstić information content (AvgIpc) is 3.01. The molecule has 1 aromatic carbocycles. The van der Waals surface area contributed by atoms with Crippen LogP contribution in [0.3, 0.4) is 0 Å². The highest BCUT2D eigenvalue weighted by Crippen LogP contribution is 2.36. The molecule has 11 heteroatoms. The Balaban J connectivity index is 1.86. The lowest BCUT2D eigenvalue weighted by molar-refractivity contribution is 0.292. The Morgan fingerprint density at radius 2 is 1.88 bits per heavy atom. The molecular weight excluding hydrogens is 401 g/mol. The Bertz CT molecular complexity index is 1050. The molecule has 2 aromatic heterocycles. The van der Waals surface area contributed by atoms with Gasteiger partial charge < -0.3 is 4.74 Å². The Morgan fingerprint density at radius 1 is 1.19 bits per heavy atom. The van der Waals surface area contributed by atoms with Crippen LogP contribution in [-0.4, -0.2) is 39.9 Å². The summed E-state index contributed by atoms with van der Waals surface area (Å²) in [4.78, 5) is 4.36. The van der Waals surface area contributed by atoms with Gasteiger partial charge in [-0.25, -0.2) is 13.4 Å². The van der Waals surface area contributed by atoms with E-state index in [9.17, 15) is 8.42 Å².